The van der Waals surface area contributed by atoms with E-state index in [4.69, 9.17) is 0 Å². The van der Waals surface area contributed by atoms with Gasteiger partial charge in [-0.1, -0.05) is 23.3 Å². The number of hydrogen-bond donors (Lipinski definition) is 0. The lowest BCUT2D eigenvalue weighted by molar-refractivity contribution is -0.121. The third-order valence-electron chi connectivity index (χ3n) is 3.35. The molecule has 2 aliphatic carbocycles. The van der Waals surface area contributed by atoms with E-state index in [1.165, 1.54) is 11.1 Å². The zero-order valence-corrected chi connectivity index (χ0v) is 8.50. The maximum absolute atomic E-state index is 11.3. The summed E-state index contributed by atoms with van der Waals surface area (Å²) in [6.45, 7) is 6.04. The van der Waals surface area contributed by atoms with Crippen molar-refractivity contribution in [3.8, 4) is 0 Å². The molecule has 0 aromatic rings. The van der Waals surface area contributed by atoms with Crippen LogP contribution in [-0.2, 0) is 4.79 Å². The van der Waals surface area contributed by atoms with Gasteiger partial charge in [-0.25, -0.2) is 0 Å². The largest absolute Gasteiger partial charge is 0.300 e. The molecule has 0 N–H and O–H groups in total. The first-order valence-electron chi connectivity index (χ1n) is 4.97. The summed E-state index contributed by atoms with van der Waals surface area (Å²) in [5, 5.41) is 0. The molecule has 3 atom stereocenters. The van der Waals surface area contributed by atoms with E-state index in [0.717, 1.165) is 6.42 Å². The molecule has 2 bridgehead atoms. The van der Waals surface area contributed by atoms with E-state index >= 15 is 0 Å². The van der Waals surface area contributed by atoms with Gasteiger partial charge in [0, 0.05) is 11.8 Å². The summed E-state index contributed by atoms with van der Waals surface area (Å²) in [6, 6.07) is 0. The smallest absolute Gasteiger partial charge is 0.133 e. The molecule has 0 aromatic carbocycles. The highest BCUT2D eigenvalue weighted by Gasteiger charge is 2.42. The third kappa shape index (κ3) is 1.18. The summed E-state index contributed by atoms with van der Waals surface area (Å²) in [5.74, 6) is 1.65. The Kier molecular flexibility index (Phi) is 1.90. The Balaban J connectivity index is 2.35. The number of hydrogen-bond acceptors (Lipinski definition) is 1. The summed E-state index contributed by atoms with van der Waals surface area (Å²) < 4.78 is 0. The fourth-order valence-corrected chi connectivity index (χ4v) is 2.81. The van der Waals surface area contributed by atoms with Crippen molar-refractivity contribution < 1.29 is 4.79 Å². The van der Waals surface area contributed by atoms with Crippen molar-refractivity contribution in [2.45, 2.75) is 27.2 Å². The van der Waals surface area contributed by atoms with Crippen molar-refractivity contribution in [3.63, 3.8) is 0 Å². The number of allylic oxidation sites excluding steroid dienone is 4. The molecular weight excluding hydrogens is 160 g/mol. The number of Topliss-reactive ketones (excluding diaryl/α,β-unsaturated/α-hetero) is 1. The predicted octanol–water partition coefficient (Wildman–Crippen LogP) is 2.73. The van der Waals surface area contributed by atoms with Gasteiger partial charge in [0.2, 0.25) is 0 Å². The van der Waals surface area contributed by atoms with Crippen molar-refractivity contribution in [2.24, 2.45) is 17.8 Å². The first-order chi connectivity index (χ1) is 6.11. The summed E-state index contributed by atoms with van der Waals surface area (Å²) >= 11 is 0. The van der Waals surface area contributed by atoms with Gasteiger partial charge < -0.3 is 0 Å². The molecule has 0 heterocycles. The molecule has 1 nitrogen and oxygen atoms in total. The molecule has 1 heteroatoms. The lowest BCUT2D eigenvalue weighted by atomic mass is 9.89. The second kappa shape index (κ2) is 2.83. The molecule has 1 saturated carbocycles. The number of carbonyl (C=O) groups is 1. The minimum atomic E-state index is 0.278. The van der Waals surface area contributed by atoms with Crippen molar-refractivity contribution in [1.82, 2.24) is 0 Å². The Morgan fingerprint density at radius 2 is 2.00 bits per heavy atom. The molecule has 0 aliphatic heterocycles. The van der Waals surface area contributed by atoms with Gasteiger partial charge in [-0.2, -0.15) is 0 Å². The molecule has 2 aliphatic rings. The fraction of sp³-hybridized carbons (Fsp3) is 0.583. The Labute approximate surface area is 79.5 Å². The van der Waals surface area contributed by atoms with E-state index < -0.39 is 0 Å². The second-order valence-electron chi connectivity index (χ2n) is 4.43. The third-order valence-corrected chi connectivity index (χ3v) is 3.35. The van der Waals surface area contributed by atoms with Crippen LogP contribution < -0.4 is 0 Å². The lowest BCUT2D eigenvalue weighted by Crippen LogP contribution is -2.15. The maximum atomic E-state index is 11.3. The number of ketones is 1. The minimum absolute atomic E-state index is 0.278. The van der Waals surface area contributed by atoms with Gasteiger partial charge in [-0.05, 0) is 33.1 Å². The number of fused-ring (bicyclic) bond motifs is 2. The van der Waals surface area contributed by atoms with Crippen LogP contribution in [0.3, 0.4) is 0 Å². The van der Waals surface area contributed by atoms with Crippen LogP contribution in [0.5, 0.6) is 0 Å². The fourth-order valence-electron chi connectivity index (χ4n) is 2.81. The first-order valence-corrected chi connectivity index (χ1v) is 4.97. The molecule has 0 saturated heterocycles. The van der Waals surface area contributed by atoms with Crippen LogP contribution in [0.1, 0.15) is 27.2 Å². The maximum Gasteiger partial charge on any atom is 0.133 e. The van der Waals surface area contributed by atoms with Crippen molar-refractivity contribution in [1.29, 1.82) is 0 Å². The SMILES string of the molecule is CC(=O)C1CC2C=CC1C2=C(C)C. The molecule has 1 fully saturated rings. The quantitative estimate of drug-likeness (QED) is 0.561. The average Bonchev–Trinajstić information content (AvgIpc) is 2.58. The van der Waals surface area contributed by atoms with Crippen LogP contribution in [0.25, 0.3) is 0 Å². The second-order valence-corrected chi connectivity index (χ2v) is 4.43. The number of rotatable bonds is 1. The average molecular weight is 176 g/mol. The van der Waals surface area contributed by atoms with Gasteiger partial charge in [-0.15, -0.1) is 0 Å². The molecule has 3 unspecified atom stereocenters. The van der Waals surface area contributed by atoms with Crippen molar-refractivity contribution >= 4 is 5.78 Å². The highest BCUT2D eigenvalue weighted by Crippen LogP contribution is 2.49. The van der Waals surface area contributed by atoms with Crippen molar-refractivity contribution in [2.75, 3.05) is 0 Å². The normalized spacial score (nSPS) is 35.6. The molecule has 0 spiro atoms. The van der Waals surface area contributed by atoms with Crippen LogP contribution >= 0.6 is 0 Å². The highest BCUT2D eigenvalue weighted by molar-refractivity contribution is 5.80. The van der Waals surface area contributed by atoms with Crippen LogP contribution in [0, 0.1) is 17.8 Å². The Morgan fingerprint density at radius 1 is 1.31 bits per heavy atom. The van der Waals surface area contributed by atoms with E-state index in [9.17, 15) is 4.79 Å². The molecule has 2 rings (SSSR count). The zero-order chi connectivity index (χ0) is 9.59. The molecule has 70 valence electrons. The zero-order valence-electron chi connectivity index (χ0n) is 8.50. The molecule has 13 heavy (non-hydrogen) atoms. The standard InChI is InChI=1S/C12H16O/c1-7(2)12-9-4-5-10(12)11(6-9)8(3)13/h4-5,9-11H,6H2,1-3H3. The Morgan fingerprint density at radius 3 is 2.38 bits per heavy atom. The van der Waals surface area contributed by atoms with E-state index in [1.54, 1.807) is 6.92 Å². The van der Waals surface area contributed by atoms with Gasteiger partial charge in [0.15, 0.2) is 0 Å². The van der Waals surface area contributed by atoms with Crippen LogP contribution in [0.15, 0.2) is 23.3 Å². The highest BCUT2D eigenvalue weighted by atomic mass is 16.1. The van der Waals surface area contributed by atoms with Gasteiger partial charge in [-0.3, -0.25) is 4.79 Å². The molecule has 0 amide bonds. The van der Waals surface area contributed by atoms with E-state index in [0.29, 0.717) is 17.6 Å². The topological polar surface area (TPSA) is 17.1 Å². The van der Waals surface area contributed by atoms with Crippen molar-refractivity contribution in [3.05, 3.63) is 23.3 Å². The van der Waals surface area contributed by atoms with Gasteiger partial charge in [0.05, 0.1) is 0 Å². The van der Waals surface area contributed by atoms with E-state index in [1.807, 2.05) is 0 Å². The molecular formula is C12H16O. The summed E-state index contributed by atoms with van der Waals surface area (Å²) in [6.07, 6.45) is 5.55. The van der Waals surface area contributed by atoms with Gasteiger partial charge >= 0.3 is 0 Å². The van der Waals surface area contributed by atoms with Gasteiger partial charge in [0.1, 0.15) is 5.78 Å². The summed E-state index contributed by atoms with van der Waals surface area (Å²) in [5.41, 5.74) is 2.92. The lowest BCUT2D eigenvalue weighted by Gasteiger charge is -2.13. The first kappa shape index (κ1) is 8.74. The van der Waals surface area contributed by atoms with Crippen LogP contribution in [-0.4, -0.2) is 5.78 Å². The predicted molar refractivity (Wildman–Crippen MR) is 53.3 cm³/mol. The minimum Gasteiger partial charge on any atom is -0.300 e. The van der Waals surface area contributed by atoms with Crippen LogP contribution in [0.4, 0.5) is 0 Å². The number of carbonyl (C=O) groups excluding carboxylic acids is 1. The Hall–Kier alpha value is -0.850. The summed E-state index contributed by atoms with van der Waals surface area (Å²) in [4.78, 5) is 11.3. The summed E-state index contributed by atoms with van der Waals surface area (Å²) in [7, 11) is 0. The van der Waals surface area contributed by atoms with Gasteiger partial charge in [0.25, 0.3) is 0 Å². The van der Waals surface area contributed by atoms with E-state index in [2.05, 4.69) is 26.0 Å². The Bertz CT molecular complexity index is 305. The van der Waals surface area contributed by atoms with E-state index in [-0.39, 0.29) is 5.92 Å². The van der Waals surface area contributed by atoms with Crippen LogP contribution in [0.2, 0.25) is 0 Å². The monoisotopic (exact) mass is 176 g/mol. The molecule has 0 aromatic heterocycles. The molecule has 0 radical (unpaired) electrons.